The fourth-order valence-corrected chi connectivity index (χ4v) is 2.82. The molecule has 4 heteroatoms. The second kappa shape index (κ2) is 6.44. The first-order valence-corrected chi connectivity index (χ1v) is 7.80. The Bertz CT molecular complexity index is 328. The van der Waals surface area contributed by atoms with Crippen LogP contribution in [0.15, 0.2) is 0 Å². The van der Waals surface area contributed by atoms with E-state index >= 15 is 0 Å². The van der Waals surface area contributed by atoms with Crippen LogP contribution in [0, 0.1) is 17.3 Å². The average Bonchev–Trinajstić information content (AvgIpc) is 2.28. The molecule has 1 fully saturated rings. The Morgan fingerprint density at radius 2 is 1.85 bits per heavy atom. The minimum absolute atomic E-state index is 0.168. The van der Waals surface area contributed by atoms with Gasteiger partial charge in [0.05, 0.1) is 13.1 Å². The normalized spacial score (nSPS) is 19.9. The van der Waals surface area contributed by atoms with Gasteiger partial charge in [0, 0.05) is 6.42 Å². The van der Waals surface area contributed by atoms with Crippen molar-refractivity contribution in [2.24, 2.45) is 23.0 Å². The Morgan fingerprint density at radius 3 is 2.25 bits per heavy atom. The summed E-state index contributed by atoms with van der Waals surface area (Å²) in [5.41, 5.74) is 5.19. The molecule has 1 aliphatic rings. The second-order valence-corrected chi connectivity index (χ2v) is 7.69. The van der Waals surface area contributed by atoms with Crippen molar-refractivity contribution in [3.8, 4) is 0 Å². The van der Waals surface area contributed by atoms with Crippen molar-refractivity contribution >= 4 is 5.91 Å². The highest BCUT2D eigenvalue weighted by Crippen LogP contribution is 2.33. The van der Waals surface area contributed by atoms with Crippen LogP contribution < -0.4 is 5.73 Å². The van der Waals surface area contributed by atoms with Gasteiger partial charge in [-0.05, 0) is 36.6 Å². The Labute approximate surface area is 123 Å². The summed E-state index contributed by atoms with van der Waals surface area (Å²) in [4.78, 5) is 13.9. The zero-order valence-corrected chi connectivity index (χ0v) is 13.8. The number of hydrogen-bond acceptors (Lipinski definition) is 3. The van der Waals surface area contributed by atoms with Gasteiger partial charge in [-0.1, -0.05) is 34.6 Å². The molecule has 0 bridgehead atoms. The molecule has 1 unspecified atom stereocenters. The van der Waals surface area contributed by atoms with Crippen LogP contribution in [0.25, 0.3) is 0 Å². The molecular formula is C16H32N2O2. The lowest BCUT2D eigenvalue weighted by atomic mass is 9.76. The lowest BCUT2D eigenvalue weighted by molar-refractivity contribution is -0.164. The molecule has 0 saturated carbocycles. The molecular weight excluding hydrogens is 252 g/mol. The maximum atomic E-state index is 12.2. The van der Waals surface area contributed by atoms with Crippen LogP contribution in [0.1, 0.15) is 53.9 Å². The van der Waals surface area contributed by atoms with Crippen molar-refractivity contribution in [2.75, 3.05) is 19.6 Å². The Kier molecular flexibility index (Phi) is 5.61. The molecule has 0 aliphatic carbocycles. The number of nitrogens with zero attached hydrogens (tertiary/aromatic N) is 1. The number of amides is 1. The monoisotopic (exact) mass is 284 g/mol. The first kappa shape index (κ1) is 17.4. The van der Waals surface area contributed by atoms with Crippen molar-refractivity contribution < 1.29 is 9.90 Å². The van der Waals surface area contributed by atoms with Gasteiger partial charge in [-0.15, -0.1) is 0 Å². The zero-order chi connectivity index (χ0) is 15.6. The molecule has 1 heterocycles. The van der Waals surface area contributed by atoms with E-state index in [0.29, 0.717) is 32.0 Å². The largest absolute Gasteiger partial charge is 0.386 e. The van der Waals surface area contributed by atoms with E-state index in [9.17, 15) is 9.90 Å². The van der Waals surface area contributed by atoms with Crippen molar-refractivity contribution in [1.29, 1.82) is 0 Å². The third-order valence-electron chi connectivity index (χ3n) is 4.80. The summed E-state index contributed by atoms with van der Waals surface area (Å²) in [7, 11) is 0. The van der Waals surface area contributed by atoms with Crippen LogP contribution in [0.2, 0.25) is 0 Å². The molecule has 0 aromatic heterocycles. The fourth-order valence-electron chi connectivity index (χ4n) is 2.82. The van der Waals surface area contributed by atoms with Crippen molar-refractivity contribution in [3.63, 3.8) is 0 Å². The molecule has 20 heavy (non-hydrogen) atoms. The summed E-state index contributed by atoms with van der Waals surface area (Å²) < 4.78 is 0. The van der Waals surface area contributed by atoms with E-state index in [1.165, 1.54) is 0 Å². The summed E-state index contributed by atoms with van der Waals surface area (Å²) in [6.45, 7) is 12.3. The molecule has 0 aromatic rings. The van der Waals surface area contributed by atoms with E-state index in [0.717, 1.165) is 12.8 Å². The first-order valence-electron chi connectivity index (χ1n) is 7.80. The van der Waals surface area contributed by atoms with Gasteiger partial charge in [0.2, 0.25) is 5.91 Å². The van der Waals surface area contributed by atoms with E-state index in [2.05, 4.69) is 20.8 Å². The van der Waals surface area contributed by atoms with Crippen molar-refractivity contribution in [3.05, 3.63) is 0 Å². The van der Waals surface area contributed by atoms with Crippen molar-refractivity contribution in [2.45, 2.75) is 59.5 Å². The third kappa shape index (κ3) is 4.19. The topological polar surface area (TPSA) is 66.6 Å². The smallest absolute Gasteiger partial charge is 0.222 e. The molecule has 1 saturated heterocycles. The van der Waals surface area contributed by atoms with Gasteiger partial charge < -0.3 is 15.7 Å². The van der Waals surface area contributed by atoms with Gasteiger partial charge in [0.15, 0.2) is 0 Å². The number of β-amino-alcohol motifs (C(OH)–C–C–N with tert-alkyl or cyclic N) is 1. The quantitative estimate of drug-likeness (QED) is 0.784. The predicted octanol–water partition coefficient (Wildman–Crippen LogP) is 2.01. The van der Waals surface area contributed by atoms with Gasteiger partial charge in [-0.25, -0.2) is 0 Å². The number of hydrogen-bond donors (Lipinski definition) is 2. The average molecular weight is 284 g/mol. The van der Waals surface area contributed by atoms with Crippen LogP contribution in [0.4, 0.5) is 0 Å². The maximum Gasteiger partial charge on any atom is 0.222 e. The summed E-state index contributed by atoms with van der Waals surface area (Å²) in [5, 5.41) is 10.2. The molecule has 1 aliphatic heterocycles. The minimum Gasteiger partial charge on any atom is -0.386 e. The van der Waals surface area contributed by atoms with Gasteiger partial charge in [-0.3, -0.25) is 4.79 Å². The Morgan fingerprint density at radius 1 is 1.30 bits per heavy atom. The zero-order valence-electron chi connectivity index (χ0n) is 13.8. The molecule has 0 radical (unpaired) electrons. The summed E-state index contributed by atoms with van der Waals surface area (Å²) in [6.07, 6.45) is 2.42. The van der Waals surface area contributed by atoms with E-state index in [4.69, 9.17) is 5.73 Å². The third-order valence-corrected chi connectivity index (χ3v) is 4.80. The molecule has 3 N–H and O–H groups in total. The highest BCUT2D eigenvalue weighted by atomic mass is 16.3. The summed E-state index contributed by atoms with van der Waals surface area (Å²) in [5.74, 6) is 0.842. The first-order chi connectivity index (χ1) is 9.10. The van der Waals surface area contributed by atoms with Crippen LogP contribution in [0.5, 0.6) is 0 Å². The van der Waals surface area contributed by atoms with E-state index in [1.807, 2.05) is 13.8 Å². The SMILES string of the molecule is CC(C)C1(O)CN(C(=O)CCC(CCN)C(C)(C)C)C1. The maximum absolute atomic E-state index is 12.2. The lowest BCUT2D eigenvalue weighted by Crippen LogP contribution is -2.65. The molecule has 1 rings (SSSR count). The number of rotatable bonds is 6. The van der Waals surface area contributed by atoms with Gasteiger partial charge in [0.25, 0.3) is 0 Å². The molecule has 118 valence electrons. The Hall–Kier alpha value is -0.610. The number of likely N-dealkylation sites (tertiary alicyclic amines) is 1. The fraction of sp³-hybridized carbons (Fsp3) is 0.938. The van der Waals surface area contributed by atoms with E-state index in [1.54, 1.807) is 4.90 Å². The highest BCUT2D eigenvalue weighted by Gasteiger charge is 2.45. The molecule has 1 atom stereocenters. The number of carbonyl (C=O) groups excluding carboxylic acids is 1. The van der Waals surface area contributed by atoms with Crippen LogP contribution in [-0.2, 0) is 4.79 Å². The molecule has 0 spiro atoms. The van der Waals surface area contributed by atoms with Crippen LogP contribution in [-0.4, -0.2) is 41.1 Å². The lowest BCUT2D eigenvalue weighted by Gasteiger charge is -2.49. The van der Waals surface area contributed by atoms with Gasteiger partial charge >= 0.3 is 0 Å². The summed E-state index contributed by atoms with van der Waals surface area (Å²) >= 11 is 0. The highest BCUT2D eigenvalue weighted by molar-refractivity contribution is 5.77. The minimum atomic E-state index is -0.670. The number of nitrogens with two attached hydrogens (primary N) is 1. The standard InChI is InChI=1S/C16H32N2O2/c1-12(2)16(20)10-18(11-16)14(19)7-6-13(8-9-17)15(3,4)5/h12-13,20H,6-11,17H2,1-5H3. The second-order valence-electron chi connectivity index (χ2n) is 7.69. The van der Waals surface area contributed by atoms with E-state index < -0.39 is 5.60 Å². The van der Waals surface area contributed by atoms with Crippen molar-refractivity contribution in [1.82, 2.24) is 4.90 Å². The number of aliphatic hydroxyl groups is 1. The number of carbonyl (C=O) groups is 1. The molecule has 1 amide bonds. The van der Waals surface area contributed by atoms with Gasteiger partial charge in [0.1, 0.15) is 5.60 Å². The van der Waals surface area contributed by atoms with Crippen LogP contribution in [0.3, 0.4) is 0 Å². The van der Waals surface area contributed by atoms with Gasteiger partial charge in [-0.2, -0.15) is 0 Å². The van der Waals surface area contributed by atoms with Crippen LogP contribution >= 0.6 is 0 Å². The molecule has 4 nitrogen and oxygen atoms in total. The Balaban J connectivity index is 2.41. The molecule has 0 aromatic carbocycles. The van der Waals surface area contributed by atoms with E-state index in [-0.39, 0.29) is 17.2 Å². The predicted molar refractivity (Wildman–Crippen MR) is 82.2 cm³/mol. The summed E-state index contributed by atoms with van der Waals surface area (Å²) in [6, 6.07) is 0.